The van der Waals surface area contributed by atoms with Crippen molar-refractivity contribution in [1.82, 2.24) is 9.88 Å². The molecule has 0 aliphatic rings. The van der Waals surface area contributed by atoms with Crippen LogP contribution < -0.4 is 5.56 Å². The number of fused-ring (bicyclic) bond motifs is 5. The van der Waals surface area contributed by atoms with Gasteiger partial charge >= 0.3 is 0 Å². The predicted octanol–water partition coefficient (Wildman–Crippen LogP) is 2.83. The van der Waals surface area contributed by atoms with Gasteiger partial charge in [-0.2, -0.15) is 0 Å². The lowest BCUT2D eigenvalue weighted by molar-refractivity contribution is 0.0827. The van der Waals surface area contributed by atoms with E-state index in [1.54, 1.807) is 38.4 Å². The number of carbonyl (C=O) groups is 1. The molecule has 6 nitrogen and oxygen atoms in total. The Hall–Kier alpha value is -3.28. The molecular formula is C18H14N2O4. The number of nitrogens with one attached hydrogen (secondary N) is 1. The van der Waals surface area contributed by atoms with Crippen LogP contribution in [0.5, 0.6) is 5.75 Å². The van der Waals surface area contributed by atoms with Crippen LogP contribution in [0.3, 0.4) is 0 Å². The largest absolute Gasteiger partial charge is 0.508 e. The highest BCUT2D eigenvalue weighted by Crippen LogP contribution is 2.32. The van der Waals surface area contributed by atoms with Crippen LogP contribution in [0.1, 0.15) is 10.4 Å². The van der Waals surface area contributed by atoms with Crippen molar-refractivity contribution in [1.29, 1.82) is 0 Å². The lowest BCUT2D eigenvalue weighted by Crippen LogP contribution is -2.21. The summed E-state index contributed by atoms with van der Waals surface area (Å²) < 4.78 is 5.88. The second-order valence-corrected chi connectivity index (χ2v) is 5.90. The molecule has 2 aromatic carbocycles. The van der Waals surface area contributed by atoms with Gasteiger partial charge in [0.15, 0.2) is 0 Å². The minimum atomic E-state index is -0.298. The Labute approximate surface area is 135 Å². The van der Waals surface area contributed by atoms with E-state index in [0.29, 0.717) is 38.4 Å². The van der Waals surface area contributed by atoms with Crippen LogP contribution in [0.4, 0.5) is 0 Å². The van der Waals surface area contributed by atoms with Crippen molar-refractivity contribution in [3.63, 3.8) is 0 Å². The zero-order valence-corrected chi connectivity index (χ0v) is 13.1. The topological polar surface area (TPSA) is 86.5 Å². The molecule has 0 unspecified atom stereocenters. The summed E-state index contributed by atoms with van der Waals surface area (Å²) >= 11 is 0. The smallest absolute Gasteiger partial charge is 0.260 e. The van der Waals surface area contributed by atoms with E-state index in [4.69, 9.17) is 4.42 Å². The molecule has 0 aliphatic carbocycles. The molecule has 0 bridgehead atoms. The van der Waals surface area contributed by atoms with Crippen molar-refractivity contribution in [3.05, 3.63) is 52.3 Å². The number of phenols is 1. The second kappa shape index (κ2) is 4.86. The average Bonchev–Trinajstić information content (AvgIpc) is 2.92. The van der Waals surface area contributed by atoms with E-state index in [9.17, 15) is 14.7 Å². The van der Waals surface area contributed by atoms with Crippen LogP contribution in [-0.4, -0.2) is 35.0 Å². The molecule has 0 saturated heterocycles. The van der Waals surface area contributed by atoms with Crippen molar-refractivity contribution in [2.75, 3.05) is 14.1 Å². The van der Waals surface area contributed by atoms with E-state index in [1.807, 2.05) is 0 Å². The normalized spacial score (nSPS) is 11.4. The molecule has 2 N–H and O–H groups in total. The number of carbonyl (C=O) groups excluding carboxylic acids is 1. The maximum atomic E-state index is 12.4. The molecule has 2 heterocycles. The number of aromatic amines is 1. The molecule has 0 saturated carbocycles. The first-order chi connectivity index (χ1) is 11.5. The molecule has 0 fully saturated rings. The molecule has 0 aliphatic heterocycles. The number of phenolic OH excluding ortho intramolecular Hbond substituents is 1. The van der Waals surface area contributed by atoms with Gasteiger partial charge in [0.2, 0.25) is 0 Å². The minimum Gasteiger partial charge on any atom is -0.508 e. The van der Waals surface area contributed by atoms with Crippen molar-refractivity contribution in [2.24, 2.45) is 0 Å². The average molecular weight is 322 g/mol. The van der Waals surface area contributed by atoms with E-state index in [0.717, 1.165) is 0 Å². The van der Waals surface area contributed by atoms with Gasteiger partial charge in [-0.15, -0.1) is 0 Å². The highest BCUT2D eigenvalue weighted by atomic mass is 16.3. The maximum absolute atomic E-state index is 12.4. The molecule has 120 valence electrons. The van der Waals surface area contributed by atoms with Gasteiger partial charge in [0.05, 0.1) is 10.9 Å². The highest BCUT2D eigenvalue weighted by molar-refractivity contribution is 6.14. The Kier molecular flexibility index (Phi) is 2.90. The number of aromatic hydroxyl groups is 1. The summed E-state index contributed by atoms with van der Waals surface area (Å²) in [6.45, 7) is 0. The van der Waals surface area contributed by atoms with Crippen molar-refractivity contribution in [3.8, 4) is 5.75 Å². The Balaban J connectivity index is 2.10. The van der Waals surface area contributed by atoms with Crippen molar-refractivity contribution >= 4 is 38.7 Å². The van der Waals surface area contributed by atoms with Gasteiger partial charge in [-0.25, -0.2) is 0 Å². The number of aromatic nitrogens is 1. The Bertz CT molecular complexity index is 1180. The van der Waals surface area contributed by atoms with E-state index in [-0.39, 0.29) is 17.2 Å². The molecule has 4 aromatic rings. The van der Waals surface area contributed by atoms with Crippen LogP contribution in [-0.2, 0) is 0 Å². The molecular weight excluding hydrogens is 308 g/mol. The summed E-state index contributed by atoms with van der Waals surface area (Å²) in [5.74, 6) is -0.0754. The number of nitrogens with zero attached hydrogens (tertiary/aromatic N) is 1. The summed E-state index contributed by atoms with van der Waals surface area (Å²) in [5.41, 5.74) is 1.61. The molecule has 0 atom stereocenters. The Morgan fingerprint density at radius 3 is 2.62 bits per heavy atom. The number of pyridine rings is 1. The van der Waals surface area contributed by atoms with Gasteiger partial charge in [0.1, 0.15) is 16.9 Å². The van der Waals surface area contributed by atoms with Crippen molar-refractivity contribution < 1.29 is 14.3 Å². The number of rotatable bonds is 1. The molecule has 1 amide bonds. The fourth-order valence-electron chi connectivity index (χ4n) is 2.92. The third-order valence-corrected chi connectivity index (χ3v) is 4.07. The fraction of sp³-hybridized carbons (Fsp3) is 0.111. The van der Waals surface area contributed by atoms with Crippen molar-refractivity contribution in [2.45, 2.75) is 0 Å². The molecule has 0 spiro atoms. The Morgan fingerprint density at radius 2 is 1.88 bits per heavy atom. The molecule has 4 rings (SSSR count). The molecule has 0 radical (unpaired) electrons. The van der Waals surface area contributed by atoms with Gasteiger partial charge in [-0.3, -0.25) is 9.59 Å². The molecule has 24 heavy (non-hydrogen) atoms. The third-order valence-electron chi connectivity index (χ3n) is 4.07. The third kappa shape index (κ3) is 1.96. The minimum absolute atomic E-state index is 0.0625. The van der Waals surface area contributed by atoms with Crippen LogP contribution in [0.15, 0.2) is 45.6 Å². The number of hydrogen-bond acceptors (Lipinski definition) is 4. The summed E-state index contributed by atoms with van der Waals surface area (Å²) in [7, 11) is 3.35. The summed E-state index contributed by atoms with van der Waals surface area (Å²) in [4.78, 5) is 28.8. The molecule has 2 aromatic heterocycles. The summed E-state index contributed by atoms with van der Waals surface area (Å²) in [6.07, 6.45) is 0. The standard InChI is InChI=1S/C18H14N2O4/c1-20(2)18(23)9-3-5-12-14(7-9)24-16-11-6-4-10(21)8-13(11)19-17(22)15(12)16/h3-8,21H,1-2H3,(H,19,22). The predicted molar refractivity (Wildman–Crippen MR) is 91.5 cm³/mol. The van der Waals surface area contributed by atoms with Gasteiger partial charge in [0.25, 0.3) is 11.5 Å². The summed E-state index contributed by atoms with van der Waals surface area (Å²) in [5, 5.41) is 11.4. The Morgan fingerprint density at radius 1 is 1.12 bits per heavy atom. The van der Waals surface area contributed by atoms with Crippen LogP contribution in [0.2, 0.25) is 0 Å². The second-order valence-electron chi connectivity index (χ2n) is 5.90. The van der Waals surface area contributed by atoms with E-state index in [2.05, 4.69) is 4.98 Å². The fourth-order valence-corrected chi connectivity index (χ4v) is 2.92. The first-order valence-corrected chi connectivity index (χ1v) is 7.38. The quantitative estimate of drug-likeness (QED) is 0.564. The number of H-pyrrole nitrogens is 1. The van der Waals surface area contributed by atoms with Crippen LogP contribution in [0, 0.1) is 0 Å². The first kappa shape index (κ1) is 14.3. The van der Waals surface area contributed by atoms with Gasteiger partial charge < -0.3 is 19.4 Å². The lowest BCUT2D eigenvalue weighted by atomic mass is 10.1. The van der Waals surface area contributed by atoms with E-state index in [1.165, 1.54) is 17.0 Å². The SMILES string of the molecule is CN(C)C(=O)c1ccc2c(c1)oc1c3ccc(O)cc3[nH]c(=O)c21. The van der Waals surface area contributed by atoms with E-state index < -0.39 is 0 Å². The number of furan rings is 1. The van der Waals surface area contributed by atoms with Gasteiger partial charge in [-0.05, 0) is 30.3 Å². The number of hydrogen-bond donors (Lipinski definition) is 2. The van der Waals surface area contributed by atoms with Crippen LogP contribution in [0.25, 0.3) is 32.8 Å². The van der Waals surface area contributed by atoms with Gasteiger partial charge in [-0.1, -0.05) is 0 Å². The number of amides is 1. The first-order valence-electron chi connectivity index (χ1n) is 7.38. The van der Waals surface area contributed by atoms with Gasteiger partial charge in [0, 0.05) is 36.5 Å². The number of benzene rings is 2. The van der Waals surface area contributed by atoms with Crippen LogP contribution >= 0.6 is 0 Å². The van der Waals surface area contributed by atoms with E-state index >= 15 is 0 Å². The zero-order chi connectivity index (χ0) is 17.0. The lowest BCUT2D eigenvalue weighted by Gasteiger charge is -2.09. The summed E-state index contributed by atoms with van der Waals surface area (Å²) in [6, 6.07) is 9.75. The molecule has 6 heteroatoms. The highest BCUT2D eigenvalue weighted by Gasteiger charge is 2.17. The monoisotopic (exact) mass is 322 g/mol. The zero-order valence-electron chi connectivity index (χ0n) is 13.1. The maximum Gasteiger partial charge on any atom is 0.260 e.